The molecule has 0 spiro atoms. The number of ether oxygens (including phenoxy) is 2. The Bertz CT molecular complexity index is 1620. The first-order valence-corrected chi connectivity index (χ1v) is 11.5. The van der Waals surface area contributed by atoms with Crippen LogP contribution in [0.1, 0.15) is 5.56 Å². The number of para-hydroxylation sites is 2. The van der Waals surface area contributed by atoms with Crippen LogP contribution in [-0.2, 0) is 4.79 Å². The quantitative estimate of drug-likeness (QED) is 0.321. The van der Waals surface area contributed by atoms with E-state index >= 15 is 0 Å². The summed E-state index contributed by atoms with van der Waals surface area (Å²) in [6, 6.07) is 13.8. The molecule has 4 rings (SSSR count). The van der Waals surface area contributed by atoms with E-state index in [2.05, 4.69) is 31.3 Å². The number of aromatic nitrogens is 2. The van der Waals surface area contributed by atoms with Crippen molar-refractivity contribution in [1.29, 1.82) is 0 Å². The van der Waals surface area contributed by atoms with Gasteiger partial charge >= 0.3 is 5.69 Å². The first-order valence-electron chi connectivity index (χ1n) is 10.3. The lowest BCUT2D eigenvalue weighted by Crippen LogP contribution is -2.32. The van der Waals surface area contributed by atoms with Crippen LogP contribution >= 0.6 is 27.5 Å². The highest BCUT2D eigenvalue weighted by atomic mass is 79.9. The number of hydrogen-bond donors (Lipinski definition) is 2. The fourth-order valence-corrected chi connectivity index (χ4v) is 3.90. The molecule has 0 aliphatic heterocycles. The van der Waals surface area contributed by atoms with Crippen LogP contribution in [0.15, 0.2) is 73.8 Å². The Kier molecular flexibility index (Phi) is 7.51. The number of carbonyl (C=O) groups excluding carboxylic acids is 1. The maximum atomic E-state index is 13.8. The monoisotopic (exact) mass is 574 g/mol. The van der Waals surface area contributed by atoms with Gasteiger partial charge in [-0.1, -0.05) is 35.9 Å². The number of nitrogens with one attached hydrogen (secondary N) is 2. The predicted molar refractivity (Wildman–Crippen MR) is 138 cm³/mol. The second kappa shape index (κ2) is 10.8. The van der Waals surface area contributed by atoms with Gasteiger partial charge in [0.2, 0.25) is 0 Å². The van der Waals surface area contributed by atoms with Gasteiger partial charge < -0.3 is 19.8 Å². The van der Waals surface area contributed by atoms with Crippen LogP contribution in [0.3, 0.4) is 0 Å². The van der Waals surface area contributed by atoms with E-state index in [9.17, 15) is 18.8 Å². The van der Waals surface area contributed by atoms with Crippen molar-refractivity contribution in [1.82, 2.24) is 9.66 Å². The molecular weight excluding hydrogens is 559 g/mol. The molecule has 1 aromatic heterocycles. The van der Waals surface area contributed by atoms with E-state index in [-0.39, 0.29) is 22.2 Å². The fraction of sp³-hybridized carbons (Fsp3) is 0.0833. The van der Waals surface area contributed by atoms with Crippen LogP contribution in [0.2, 0.25) is 5.02 Å². The maximum absolute atomic E-state index is 13.8. The van der Waals surface area contributed by atoms with Crippen molar-refractivity contribution < 1.29 is 18.7 Å². The van der Waals surface area contributed by atoms with Gasteiger partial charge in [0.25, 0.3) is 11.5 Å². The van der Waals surface area contributed by atoms with Crippen LogP contribution in [-0.4, -0.2) is 35.5 Å². The van der Waals surface area contributed by atoms with Gasteiger partial charge in [-0.15, -0.1) is 4.68 Å². The van der Waals surface area contributed by atoms with Crippen molar-refractivity contribution in [3.8, 4) is 11.5 Å². The summed E-state index contributed by atoms with van der Waals surface area (Å²) in [7, 11) is 1.37. The molecule has 36 heavy (non-hydrogen) atoms. The first kappa shape index (κ1) is 25.1. The molecule has 0 fully saturated rings. The summed E-state index contributed by atoms with van der Waals surface area (Å²) >= 11 is 9.76. The van der Waals surface area contributed by atoms with Gasteiger partial charge in [0.05, 0.1) is 29.9 Å². The fourth-order valence-electron chi connectivity index (χ4n) is 3.25. The number of hydrogen-bond acceptors (Lipinski definition) is 6. The predicted octanol–water partition coefficient (Wildman–Crippen LogP) is 4.15. The molecule has 0 bridgehead atoms. The highest BCUT2D eigenvalue weighted by molar-refractivity contribution is 9.10. The minimum absolute atomic E-state index is 0.0100. The molecule has 0 unspecified atom stereocenters. The topological polar surface area (TPSA) is 115 Å². The Morgan fingerprint density at radius 2 is 1.94 bits per heavy atom. The van der Waals surface area contributed by atoms with E-state index in [1.54, 1.807) is 30.3 Å². The molecule has 0 saturated carbocycles. The minimum atomic E-state index is -0.718. The molecule has 184 valence electrons. The SMILES string of the molecule is COc1cc(C=Nn2c(=O)[nH]c3ccccc3c2=O)c(Br)c(Cl)c1OCC(=O)Nc1ccccc1F. The third kappa shape index (κ3) is 5.16. The zero-order chi connectivity index (χ0) is 25.8. The summed E-state index contributed by atoms with van der Waals surface area (Å²) in [4.78, 5) is 39.9. The van der Waals surface area contributed by atoms with E-state index < -0.39 is 29.6 Å². The minimum Gasteiger partial charge on any atom is -0.493 e. The summed E-state index contributed by atoms with van der Waals surface area (Å²) in [5.41, 5.74) is -0.550. The summed E-state index contributed by atoms with van der Waals surface area (Å²) in [5.74, 6) is -0.997. The Morgan fingerprint density at radius 3 is 2.69 bits per heavy atom. The molecule has 0 atom stereocenters. The van der Waals surface area contributed by atoms with Gasteiger partial charge in [-0.05, 0) is 46.3 Å². The smallest absolute Gasteiger partial charge is 0.349 e. The number of amides is 1. The number of benzene rings is 3. The number of aromatic amines is 1. The van der Waals surface area contributed by atoms with E-state index in [0.717, 1.165) is 0 Å². The van der Waals surface area contributed by atoms with E-state index in [4.69, 9.17) is 21.1 Å². The zero-order valence-corrected chi connectivity index (χ0v) is 20.9. The molecule has 1 amide bonds. The van der Waals surface area contributed by atoms with Crippen molar-refractivity contribution in [3.05, 3.63) is 96.3 Å². The zero-order valence-electron chi connectivity index (χ0n) is 18.6. The van der Waals surface area contributed by atoms with Gasteiger partial charge in [0.1, 0.15) is 10.8 Å². The first-order chi connectivity index (χ1) is 17.3. The van der Waals surface area contributed by atoms with Gasteiger partial charge in [-0.25, -0.2) is 9.18 Å². The molecule has 9 nitrogen and oxygen atoms in total. The Morgan fingerprint density at radius 1 is 1.22 bits per heavy atom. The average molecular weight is 576 g/mol. The van der Waals surface area contributed by atoms with Crippen molar-refractivity contribution >= 4 is 56.2 Å². The normalized spacial score (nSPS) is 11.1. The van der Waals surface area contributed by atoms with Gasteiger partial charge in [0, 0.05) is 10.0 Å². The Hall–Kier alpha value is -3.96. The molecule has 0 aliphatic rings. The van der Waals surface area contributed by atoms with E-state index in [1.165, 1.54) is 37.6 Å². The van der Waals surface area contributed by atoms with Crippen molar-refractivity contribution in [3.63, 3.8) is 0 Å². The number of halogens is 3. The van der Waals surface area contributed by atoms with Crippen LogP contribution in [0, 0.1) is 5.82 Å². The largest absolute Gasteiger partial charge is 0.493 e. The second-order valence-electron chi connectivity index (χ2n) is 7.28. The standard InChI is InChI=1S/C24H17BrClFN4O5/c1-35-18-10-13(11-28-31-23(33)14-6-2-4-8-16(14)30-24(31)34)20(25)21(26)22(18)36-12-19(32)29-17-9-5-3-7-15(17)27/h2-11H,12H2,1H3,(H,29,32)(H,30,34). The molecule has 1 heterocycles. The van der Waals surface area contributed by atoms with E-state index in [1.807, 2.05) is 0 Å². The highest BCUT2D eigenvalue weighted by Crippen LogP contribution is 2.42. The molecule has 4 aromatic rings. The highest BCUT2D eigenvalue weighted by Gasteiger charge is 2.19. The van der Waals surface area contributed by atoms with Gasteiger partial charge in [0.15, 0.2) is 18.1 Å². The number of fused-ring (bicyclic) bond motifs is 1. The summed E-state index contributed by atoms with van der Waals surface area (Å²) in [6.45, 7) is -0.480. The molecule has 2 N–H and O–H groups in total. The lowest BCUT2D eigenvalue weighted by Gasteiger charge is -2.15. The number of anilines is 1. The molecule has 0 radical (unpaired) electrons. The number of nitrogens with zero attached hydrogens (tertiary/aromatic N) is 2. The number of carbonyl (C=O) groups is 1. The summed E-state index contributed by atoms with van der Waals surface area (Å²) in [6.07, 6.45) is 1.25. The second-order valence-corrected chi connectivity index (χ2v) is 8.45. The Balaban J connectivity index is 1.59. The van der Waals surface area contributed by atoms with Crippen molar-refractivity contribution in [2.45, 2.75) is 0 Å². The number of methoxy groups -OCH3 is 1. The van der Waals surface area contributed by atoms with E-state index in [0.29, 0.717) is 25.6 Å². The maximum Gasteiger partial charge on any atom is 0.349 e. The molecule has 12 heteroatoms. The van der Waals surface area contributed by atoms with Crippen LogP contribution in [0.5, 0.6) is 11.5 Å². The van der Waals surface area contributed by atoms with Gasteiger partial charge in [-0.2, -0.15) is 5.10 Å². The summed E-state index contributed by atoms with van der Waals surface area (Å²) < 4.78 is 25.6. The lowest BCUT2D eigenvalue weighted by atomic mass is 10.2. The lowest BCUT2D eigenvalue weighted by molar-refractivity contribution is -0.118. The number of rotatable bonds is 7. The molecule has 3 aromatic carbocycles. The van der Waals surface area contributed by atoms with Crippen molar-refractivity contribution in [2.75, 3.05) is 19.0 Å². The van der Waals surface area contributed by atoms with Crippen LogP contribution in [0.25, 0.3) is 10.9 Å². The Labute approximate surface area is 216 Å². The van der Waals surface area contributed by atoms with Crippen molar-refractivity contribution in [2.24, 2.45) is 5.10 Å². The average Bonchev–Trinajstić information content (AvgIpc) is 2.87. The third-order valence-electron chi connectivity index (χ3n) is 4.97. The number of H-pyrrole nitrogens is 1. The third-order valence-corrected chi connectivity index (χ3v) is 6.41. The molecule has 0 aliphatic carbocycles. The molecule has 0 saturated heterocycles. The van der Waals surface area contributed by atoms with Crippen LogP contribution < -0.4 is 26.0 Å². The van der Waals surface area contributed by atoms with Gasteiger partial charge in [-0.3, -0.25) is 9.59 Å². The summed E-state index contributed by atoms with van der Waals surface area (Å²) in [5, 5.41) is 6.76. The molecular formula is C24H17BrClFN4O5. The van der Waals surface area contributed by atoms with Crippen LogP contribution in [0.4, 0.5) is 10.1 Å².